The minimum absolute atomic E-state index is 0.00586. The molecule has 3 nitrogen and oxygen atoms in total. The molecule has 20 heavy (non-hydrogen) atoms. The summed E-state index contributed by atoms with van der Waals surface area (Å²) < 4.78 is 58.4. The Hall–Kier alpha value is -1.34. The molecule has 0 aliphatic carbocycles. The van der Waals surface area contributed by atoms with E-state index in [0.29, 0.717) is 0 Å². The quantitative estimate of drug-likeness (QED) is 0.619. The lowest BCUT2D eigenvalue weighted by Crippen LogP contribution is -2.19. The second-order valence-corrected chi connectivity index (χ2v) is 4.22. The molecule has 1 rings (SSSR count). The van der Waals surface area contributed by atoms with Gasteiger partial charge in [-0.25, -0.2) is 4.39 Å². The normalized spacial score (nSPS) is 13.3. The van der Waals surface area contributed by atoms with E-state index in [1.54, 1.807) is 13.1 Å². The van der Waals surface area contributed by atoms with Gasteiger partial charge < -0.3 is 14.8 Å². The summed E-state index contributed by atoms with van der Waals surface area (Å²) in [7, 11) is 1.75. The molecule has 1 aromatic carbocycles. The highest BCUT2D eigenvalue weighted by Crippen LogP contribution is 2.22. The fourth-order valence-electron chi connectivity index (χ4n) is 1.47. The molecule has 7 heteroatoms. The maximum atomic E-state index is 13.7. The predicted octanol–water partition coefficient (Wildman–Crippen LogP) is 3.06. The summed E-state index contributed by atoms with van der Waals surface area (Å²) in [5.41, 5.74) is 0.755. The number of rotatable bonds is 7. The van der Waals surface area contributed by atoms with Crippen molar-refractivity contribution in [3.05, 3.63) is 29.6 Å². The molecule has 0 radical (unpaired) electrons. The molecule has 1 atom stereocenters. The van der Waals surface area contributed by atoms with Crippen LogP contribution in [0.1, 0.15) is 18.5 Å². The third-order valence-corrected chi connectivity index (χ3v) is 2.64. The molecule has 0 aliphatic heterocycles. The maximum Gasteiger partial charge on any atom is 0.411 e. The van der Waals surface area contributed by atoms with Crippen molar-refractivity contribution >= 4 is 0 Å². The molecule has 0 aliphatic rings. The molecule has 114 valence electrons. The van der Waals surface area contributed by atoms with E-state index in [0.717, 1.165) is 5.56 Å². The monoisotopic (exact) mass is 295 g/mol. The summed E-state index contributed by atoms with van der Waals surface area (Å²) >= 11 is 0. The largest absolute Gasteiger partial charge is 0.488 e. The Morgan fingerprint density at radius 3 is 2.50 bits per heavy atom. The van der Waals surface area contributed by atoms with Crippen LogP contribution in [-0.2, 0) is 4.74 Å². The van der Waals surface area contributed by atoms with Gasteiger partial charge in [0.05, 0.1) is 6.61 Å². The first-order valence-corrected chi connectivity index (χ1v) is 6.07. The molecule has 0 bridgehead atoms. The van der Waals surface area contributed by atoms with E-state index in [1.807, 2.05) is 6.92 Å². The van der Waals surface area contributed by atoms with Crippen LogP contribution in [0.2, 0.25) is 0 Å². The molecule has 0 fully saturated rings. The average molecular weight is 295 g/mol. The summed E-state index contributed by atoms with van der Waals surface area (Å²) in [4.78, 5) is 0. The van der Waals surface area contributed by atoms with Gasteiger partial charge in [0, 0.05) is 6.04 Å². The first-order valence-electron chi connectivity index (χ1n) is 6.07. The van der Waals surface area contributed by atoms with E-state index in [-0.39, 0.29) is 25.0 Å². The van der Waals surface area contributed by atoms with Crippen LogP contribution in [0.15, 0.2) is 18.2 Å². The van der Waals surface area contributed by atoms with Crippen molar-refractivity contribution in [2.24, 2.45) is 0 Å². The van der Waals surface area contributed by atoms with Crippen molar-refractivity contribution in [2.45, 2.75) is 19.1 Å². The molecular weight excluding hydrogens is 278 g/mol. The van der Waals surface area contributed by atoms with Crippen LogP contribution >= 0.6 is 0 Å². The Labute approximate surface area is 114 Å². The molecule has 0 amide bonds. The van der Waals surface area contributed by atoms with E-state index in [9.17, 15) is 17.6 Å². The average Bonchev–Trinajstić information content (AvgIpc) is 2.37. The van der Waals surface area contributed by atoms with Crippen molar-refractivity contribution in [3.8, 4) is 5.75 Å². The first-order chi connectivity index (χ1) is 9.33. The summed E-state index contributed by atoms with van der Waals surface area (Å²) in [6.45, 7) is 0.138. The Kier molecular flexibility index (Phi) is 6.22. The highest BCUT2D eigenvalue weighted by Gasteiger charge is 2.27. The van der Waals surface area contributed by atoms with Gasteiger partial charge in [0.1, 0.15) is 13.2 Å². The van der Waals surface area contributed by atoms with Gasteiger partial charge in [-0.2, -0.15) is 13.2 Å². The first kappa shape index (κ1) is 16.7. The highest BCUT2D eigenvalue weighted by molar-refractivity contribution is 5.30. The van der Waals surface area contributed by atoms with Crippen LogP contribution in [0.3, 0.4) is 0 Å². The van der Waals surface area contributed by atoms with Crippen LogP contribution in [0.25, 0.3) is 0 Å². The van der Waals surface area contributed by atoms with E-state index in [1.165, 1.54) is 12.1 Å². The lowest BCUT2D eigenvalue weighted by molar-refractivity contribution is -0.175. The Balaban J connectivity index is 2.41. The molecule has 0 spiro atoms. The number of halogens is 4. The Morgan fingerprint density at radius 1 is 1.25 bits per heavy atom. The van der Waals surface area contributed by atoms with Crippen LogP contribution in [0.5, 0.6) is 5.75 Å². The zero-order chi connectivity index (χ0) is 15.2. The predicted molar refractivity (Wildman–Crippen MR) is 66.2 cm³/mol. The zero-order valence-corrected chi connectivity index (χ0v) is 11.3. The van der Waals surface area contributed by atoms with Gasteiger partial charge in [0.25, 0.3) is 0 Å². The molecular formula is C13H17F4NO2. The summed E-state index contributed by atoms with van der Waals surface area (Å²) in [6.07, 6.45) is -4.36. The fraction of sp³-hybridized carbons (Fsp3) is 0.538. The van der Waals surface area contributed by atoms with Gasteiger partial charge in [0.15, 0.2) is 11.6 Å². The van der Waals surface area contributed by atoms with Gasteiger partial charge in [-0.15, -0.1) is 0 Å². The number of ether oxygens (including phenoxy) is 2. The smallest absolute Gasteiger partial charge is 0.411 e. The molecule has 0 heterocycles. The summed E-state index contributed by atoms with van der Waals surface area (Å²) in [5.74, 6) is -0.562. The molecule has 0 saturated carbocycles. The van der Waals surface area contributed by atoms with Gasteiger partial charge in [-0.3, -0.25) is 0 Å². The molecule has 0 saturated heterocycles. The van der Waals surface area contributed by atoms with Crippen molar-refractivity contribution < 1.29 is 27.0 Å². The molecule has 0 aromatic heterocycles. The number of hydrogen-bond acceptors (Lipinski definition) is 3. The highest BCUT2D eigenvalue weighted by atomic mass is 19.4. The summed E-state index contributed by atoms with van der Waals surface area (Å²) in [6, 6.07) is 4.46. The van der Waals surface area contributed by atoms with Crippen LogP contribution < -0.4 is 10.1 Å². The Bertz CT molecular complexity index is 423. The third-order valence-electron chi connectivity index (χ3n) is 2.64. The topological polar surface area (TPSA) is 30.5 Å². The van der Waals surface area contributed by atoms with E-state index in [2.05, 4.69) is 10.1 Å². The lowest BCUT2D eigenvalue weighted by atomic mass is 10.1. The molecule has 1 N–H and O–H groups in total. The molecule has 1 aromatic rings. The second kappa shape index (κ2) is 7.44. The van der Waals surface area contributed by atoms with Crippen molar-refractivity contribution in [3.63, 3.8) is 0 Å². The number of benzene rings is 1. The third kappa shape index (κ3) is 5.75. The minimum Gasteiger partial charge on any atom is -0.488 e. The van der Waals surface area contributed by atoms with Crippen molar-refractivity contribution in [2.75, 3.05) is 26.9 Å². The molecule has 1 unspecified atom stereocenters. The van der Waals surface area contributed by atoms with E-state index >= 15 is 0 Å². The van der Waals surface area contributed by atoms with Crippen LogP contribution in [-0.4, -0.2) is 33.0 Å². The SMILES string of the molecule is CNC(C)c1ccc(OCCOCC(F)(F)F)c(F)c1. The number of alkyl halides is 3. The number of nitrogens with one attached hydrogen (secondary N) is 1. The van der Waals surface area contributed by atoms with Crippen LogP contribution in [0, 0.1) is 5.82 Å². The number of hydrogen-bond donors (Lipinski definition) is 1. The lowest BCUT2D eigenvalue weighted by Gasteiger charge is -2.13. The maximum absolute atomic E-state index is 13.7. The van der Waals surface area contributed by atoms with E-state index < -0.39 is 18.6 Å². The summed E-state index contributed by atoms with van der Waals surface area (Å²) in [5, 5.41) is 2.97. The standard InChI is InChI=1S/C13H17F4NO2/c1-9(18-2)10-3-4-12(11(14)7-10)20-6-5-19-8-13(15,16)17/h3-4,7,9,18H,5-6,8H2,1-2H3. The Morgan fingerprint density at radius 2 is 1.95 bits per heavy atom. The van der Waals surface area contributed by atoms with Gasteiger partial charge in [-0.1, -0.05) is 6.07 Å². The van der Waals surface area contributed by atoms with E-state index in [4.69, 9.17) is 4.74 Å². The van der Waals surface area contributed by atoms with Crippen LogP contribution in [0.4, 0.5) is 17.6 Å². The van der Waals surface area contributed by atoms with Gasteiger partial charge in [-0.05, 0) is 31.7 Å². The second-order valence-electron chi connectivity index (χ2n) is 4.22. The van der Waals surface area contributed by atoms with Crippen molar-refractivity contribution in [1.82, 2.24) is 5.32 Å². The van der Waals surface area contributed by atoms with Crippen molar-refractivity contribution in [1.29, 1.82) is 0 Å². The minimum atomic E-state index is -4.36. The van der Waals surface area contributed by atoms with Gasteiger partial charge in [0.2, 0.25) is 0 Å². The fourth-order valence-corrected chi connectivity index (χ4v) is 1.47. The zero-order valence-electron chi connectivity index (χ0n) is 11.3. The van der Waals surface area contributed by atoms with Gasteiger partial charge >= 0.3 is 6.18 Å².